The van der Waals surface area contributed by atoms with Gasteiger partial charge in [-0.15, -0.1) is 0 Å². The largest absolute Gasteiger partial charge is 0.454 e. The molecule has 3 aliphatic rings. The van der Waals surface area contributed by atoms with Crippen LogP contribution in [0.15, 0.2) is 181 Å². The molecule has 0 radical (unpaired) electrons. The molecule has 7 aromatic carbocycles. The monoisotopic (exact) mass is 755 g/mol. The summed E-state index contributed by atoms with van der Waals surface area (Å²) in [6.07, 6.45) is 0. The first-order valence-corrected chi connectivity index (χ1v) is 23.5. The summed E-state index contributed by atoms with van der Waals surface area (Å²) in [6.45, 7) is 9.76. The van der Waals surface area contributed by atoms with Gasteiger partial charge in [-0.2, -0.15) is 0 Å². The third-order valence-electron chi connectivity index (χ3n) is 11.1. The number of benzene rings is 7. The molecule has 2 nitrogen and oxygen atoms in total. The SMILES string of the molecule is CC1(C)c2ccccc2Sc2c(N(c3ccc(-c4cccc5c4Oc4ccccc4S5)cc3)c3cccc4c3Sc3ccccc3[Si]4(C)C)cccc21. The molecule has 0 atom stereocenters. The Labute approximate surface area is 325 Å². The Morgan fingerprint density at radius 2 is 1.11 bits per heavy atom. The van der Waals surface area contributed by atoms with Gasteiger partial charge in [-0.3, -0.25) is 0 Å². The van der Waals surface area contributed by atoms with Gasteiger partial charge in [0, 0.05) is 36.2 Å². The van der Waals surface area contributed by atoms with E-state index in [4.69, 9.17) is 4.74 Å². The van der Waals surface area contributed by atoms with Crippen molar-refractivity contribution in [1.29, 1.82) is 0 Å². The molecular formula is C47H37NOS3Si. The van der Waals surface area contributed by atoms with Crippen LogP contribution in [-0.2, 0) is 5.41 Å². The standard InChI is InChI=1S/C47H37NOS3Si/c1-47(2)33-15-5-7-20-38(33)51-45-34(47)16-12-17-35(45)48(36-18-13-25-43-46(36)52-40-22-9-10-24-42(40)53(43,3)4)31-28-26-30(27-29-31)32-14-11-23-41-44(32)49-37-19-6-8-21-39(37)50-41/h5-29H,1-4H3. The van der Waals surface area contributed by atoms with E-state index in [1.54, 1.807) is 11.8 Å². The lowest BCUT2D eigenvalue weighted by Crippen LogP contribution is -2.56. The van der Waals surface area contributed by atoms with Crippen LogP contribution in [0.4, 0.5) is 17.1 Å². The van der Waals surface area contributed by atoms with Crippen molar-refractivity contribution < 1.29 is 4.74 Å². The molecule has 0 saturated heterocycles. The summed E-state index contributed by atoms with van der Waals surface area (Å²) in [4.78, 5) is 10.2. The van der Waals surface area contributed by atoms with E-state index in [-0.39, 0.29) is 5.41 Å². The number of hydrogen-bond donors (Lipinski definition) is 0. The normalized spacial score (nSPS) is 15.4. The number of nitrogens with zero attached hydrogens (tertiary/aromatic N) is 1. The maximum atomic E-state index is 6.57. The summed E-state index contributed by atoms with van der Waals surface area (Å²) in [5.74, 6) is 1.84. The molecule has 0 bridgehead atoms. The van der Waals surface area contributed by atoms with Gasteiger partial charge in [0.25, 0.3) is 0 Å². The Morgan fingerprint density at radius 3 is 1.94 bits per heavy atom. The Kier molecular flexibility index (Phi) is 7.78. The number of hydrogen-bond acceptors (Lipinski definition) is 5. The molecule has 0 aliphatic carbocycles. The van der Waals surface area contributed by atoms with Crippen LogP contribution in [0.25, 0.3) is 11.1 Å². The van der Waals surface area contributed by atoms with E-state index < -0.39 is 8.07 Å². The highest BCUT2D eigenvalue weighted by Gasteiger charge is 2.39. The Morgan fingerprint density at radius 1 is 0.509 bits per heavy atom. The van der Waals surface area contributed by atoms with Gasteiger partial charge < -0.3 is 9.64 Å². The average molecular weight is 756 g/mol. The van der Waals surface area contributed by atoms with E-state index >= 15 is 0 Å². The molecule has 53 heavy (non-hydrogen) atoms. The molecule has 7 aromatic rings. The quantitative estimate of drug-likeness (QED) is 0.165. The summed E-state index contributed by atoms with van der Waals surface area (Å²) in [5.41, 5.74) is 8.43. The number of rotatable bonds is 4. The predicted octanol–water partition coefficient (Wildman–Crippen LogP) is 13.2. The maximum Gasteiger partial charge on any atom is 0.149 e. The second kappa shape index (κ2) is 12.5. The van der Waals surface area contributed by atoms with Gasteiger partial charge in [0.05, 0.1) is 21.2 Å². The highest BCUT2D eigenvalue weighted by atomic mass is 32.2. The topological polar surface area (TPSA) is 12.5 Å². The van der Waals surface area contributed by atoms with Gasteiger partial charge in [-0.05, 0) is 81.7 Å². The molecule has 0 spiro atoms. The van der Waals surface area contributed by atoms with Crippen LogP contribution < -0.4 is 20.0 Å². The van der Waals surface area contributed by atoms with Crippen LogP contribution in [0.2, 0.25) is 13.1 Å². The molecule has 10 rings (SSSR count). The minimum Gasteiger partial charge on any atom is -0.454 e. The Hall–Kier alpha value is -4.59. The van der Waals surface area contributed by atoms with Gasteiger partial charge in [0.15, 0.2) is 0 Å². The molecule has 0 fully saturated rings. The first-order valence-electron chi connectivity index (χ1n) is 18.1. The second-order valence-electron chi connectivity index (χ2n) is 14.9. The molecule has 258 valence electrons. The van der Waals surface area contributed by atoms with Crippen LogP contribution >= 0.6 is 35.3 Å². The zero-order chi connectivity index (χ0) is 35.9. The van der Waals surface area contributed by atoms with Crippen molar-refractivity contribution in [2.45, 2.75) is 61.7 Å². The number of anilines is 3. The fraction of sp³-hybridized carbons (Fsp3) is 0.106. The zero-order valence-corrected chi connectivity index (χ0v) is 33.5. The van der Waals surface area contributed by atoms with E-state index in [9.17, 15) is 0 Å². The molecule has 0 aromatic heterocycles. The number of ether oxygens (including phenoxy) is 1. The molecule has 3 aliphatic heterocycles. The summed E-state index contributed by atoms with van der Waals surface area (Å²) in [6, 6.07) is 55.8. The van der Waals surface area contributed by atoms with Crippen LogP contribution in [-0.4, -0.2) is 8.07 Å². The van der Waals surface area contributed by atoms with Crippen LogP contribution in [0, 0.1) is 0 Å². The summed E-state index contributed by atoms with van der Waals surface area (Å²) in [5, 5.41) is 3.01. The van der Waals surface area contributed by atoms with Crippen molar-refractivity contribution in [2.75, 3.05) is 4.90 Å². The molecule has 6 heteroatoms. The summed E-state index contributed by atoms with van der Waals surface area (Å²) in [7, 11) is -1.97. The van der Waals surface area contributed by atoms with Crippen molar-refractivity contribution in [2.24, 2.45) is 0 Å². The zero-order valence-electron chi connectivity index (χ0n) is 30.0. The highest BCUT2D eigenvalue weighted by molar-refractivity contribution is 8.00. The molecule has 0 saturated carbocycles. The van der Waals surface area contributed by atoms with Crippen molar-refractivity contribution in [3.05, 3.63) is 163 Å². The minimum atomic E-state index is -1.97. The van der Waals surface area contributed by atoms with Crippen molar-refractivity contribution in [3.63, 3.8) is 0 Å². The molecular weight excluding hydrogens is 719 g/mol. The molecule has 0 unspecified atom stereocenters. The first kappa shape index (κ1) is 33.0. The van der Waals surface area contributed by atoms with Gasteiger partial charge in [-0.1, -0.05) is 159 Å². The maximum absolute atomic E-state index is 6.57. The van der Waals surface area contributed by atoms with E-state index in [1.807, 2.05) is 29.6 Å². The fourth-order valence-electron chi connectivity index (χ4n) is 8.23. The minimum absolute atomic E-state index is 0.134. The van der Waals surface area contributed by atoms with Crippen LogP contribution in [0.1, 0.15) is 25.0 Å². The van der Waals surface area contributed by atoms with Gasteiger partial charge in [-0.25, -0.2) is 0 Å². The molecule has 0 N–H and O–H groups in total. The Bertz CT molecular complexity index is 2490. The summed E-state index contributed by atoms with van der Waals surface area (Å²) >= 11 is 5.61. The van der Waals surface area contributed by atoms with Crippen molar-refractivity contribution in [3.8, 4) is 22.6 Å². The lowest BCUT2D eigenvalue weighted by Gasteiger charge is -2.39. The van der Waals surface area contributed by atoms with Crippen molar-refractivity contribution in [1.82, 2.24) is 0 Å². The lowest BCUT2D eigenvalue weighted by atomic mass is 9.77. The number of para-hydroxylation sites is 2. The molecule has 0 amide bonds. The van der Waals surface area contributed by atoms with E-state index in [2.05, 4.69) is 177 Å². The van der Waals surface area contributed by atoms with Crippen LogP contribution in [0.5, 0.6) is 11.5 Å². The second-order valence-corrected chi connectivity index (χ2v) is 22.4. The van der Waals surface area contributed by atoms with E-state index in [1.165, 1.54) is 52.5 Å². The molecule has 3 heterocycles. The summed E-state index contributed by atoms with van der Waals surface area (Å²) < 4.78 is 6.57. The lowest BCUT2D eigenvalue weighted by molar-refractivity contribution is 0.456. The van der Waals surface area contributed by atoms with Crippen LogP contribution in [0.3, 0.4) is 0 Å². The third-order valence-corrected chi connectivity index (χ3v) is 18.5. The smallest absolute Gasteiger partial charge is 0.149 e. The Balaban J connectivity index is 1.15. The van der Waals surface area contributed by atoms with Gasteiger partial charge in [0.1, 0.15) is 19.6 Å². The van der Waals surface area contributed by atoms with Gasteiger partial charge in [0.2, 0.25) is 0 Å². The third kappa shape index (κ3) is 5.25. The average Bonchev–Trinajstić information content (AvgIpc) is 3.18. The van der Waals surface area contributed by atoms with E-state index in [0.717, 1.165) is 38.1 Å². The first-order chi connectivity index (χ1) is 25.8. The van der Waals surface area contributed by atoms with E-state index in [0.29, 0.717) is 0 Å². The fourth-order valence-corrected chi connectivity index (χ4v) is 16.2. The van der Waals surface area contributed by atoms with Gasteiger partial charge >= 0.3 is 0 Å². The predicted molar refractivity (Wildman–Crippen MR) is 227 cm³/mol. The number of fused-ring (bicyclic) bond motifs is 6. The highest BCUT2D eigenvalue weighted by Crippen LogP contribution is 2.56. The van der Waals surface area contributed by atoms with Crippen molar-refractivity contribution >= 4 is 70.8 Å².